The molecule has 8 heteroatoms. The third-order valence-corrected chi connectivity index (χ3v) is 3.40. The molecule has 0 aromatic carbocycles. The molecule has 0 unspecified atom stereocenters. The highest BCUT2D eigenvalue weighted by Crippen LogP contribution is 2.08. The van der Waals surface area contributed by atoms with Crippen LogP contribution in [0.2, 0.25) is 0 Å². The van der Waals surface area contributed by atoms with Crippen molar-refractivity contribution in [2.24, 2.45) is 5.73 Å². The molecule has 0 spiro atoms. The quantitative estimate of drug-likeness (QED) is 0.673. The second-order valence-corrected chi connectivity index (χ2v) is 5.18. The van der Waals surface area contributed by atoms with E-state index in [-0.39, 0.29) is 16.6 Å². The van der Waals surface area contributed by atoms with Crippen LogP contribution in [0.15, 0.2) is 17.6 Å². The van der Waals surface area contributed by atoms with E-state index in [1.54, 1.807) is 0 Å². The van der Waals surface area contributed by atoms with Crippen LogP contribution in [0.1, 0.15) is 0 Å². The second-order valence-electron chi connectivity index (χ2n) is 2.64. The Bertz CT molecular complexity index is 411. The van der Waals surface area contributed by atoms with Crippen LogP contribution in [-0.2, 0) is 10.0 Å². The molecule has 1 aromatic rings. The summed E-state index contributed by atoms with van der Waals surface area (Å²) in [5.41, 5.74) is 5.24. The smallest absolute Gasteiger partial charge is 0.260 e. The first-order chi connectivity index (χ1) is 6.44. The Labute approximate surface area is 87.2 Å². The lowest BCUT2D eigenvalue weighted by molar-refractivity contribution is 0.503. The largest absolute Gasteiger partial charge is 0.392 e. The van der Waals surface area contributed by atoms with Crippen molar-refractivity contribution in [1.82, 2.24) is 14.3 Å². The second kappa shape index (κ2) is 4.03. The number of aromatic amines is 1. The van der Waals surface area contributed by atoms with E-state index in [1.165, 1.54) is 19.6 Å². The minimum Gasteiger partial charge on any atom is -0.392 e. The van der Waals surface area contributed by atoms with Crippen molar-refractivity contribution in [3.05, 3.63) is 12.5 Å². The zero-order valence-corrected chi connectivity index (χ0v) is 9.10. The zero-order chi connectivity index (χ0) is 10.8. The normalized spacial score (nSPS) is 11.9. The van der Waals surface area contributed by atoms with Crippen molar-refractivity contribution in [3.8, 4) is 0 Å². The van der Waals surface area contributed by atoms with Crippen molar-refractivity contribution >= 4 is 27.2 Å². The molecule has 1 heterocycles. The topological polar surface area (TPSA) is 92.1 Å². The fourth-order valence-electron chi connectivity index (χ4n) is 0.857. The van der Waals surface area contributed by atoms with Crippen molar-refractivity contribution < 1.29 is 8.42 Å². The van der Waals surface area contributed by atoms with E-state index in [9.17, 15) is 8.42 Å². The molecule has 0 aliphatic heterocycles. The maximum atomic E-state index is 11.7. The average molecular weight is 234 g/mol. The summed E-state index contributed by atoms with van der Waals surface area (Å²) in [4.78, 5) is 6.25. The number of nitrogens with zero attached hydrogens (tertiary/aromatic N) is 2. The Hall–Kier alpha value is -0.990. The van der Waals surface area contributed by atoms with E-state index in [0.717, 1.165) is 4.31 Å². The van der Waals surface area contributed by atoms with E-state index >= 15 is 0 Å². The first-order valence-corrected chi connectivity index (χ1v) is 5.52. The lowest BCUT2D eigenvalue weighted by Gasteiger charge is -2.14. The molecular weight excluding hydrogens is 224 g/mol. The minimum absolute atomic E-state index is 0.0106. The summed E-state index contributed by atoms with van der Waals surface area (Å²) in [7, 11) is -2.14. The van der Waals surface area contributed by atoms with Crippen LogP contribution >= 0.6 is 12.2 Å². The van der Waals surface area contributed by atoms with Gasteiger partial charge in [-0.3, -0.25) is 0 Å². The van der Waals surface area contributed by atoms with Crippen LogP contribution in [0.4, 0.5) is 0 Å². The lowest BCUT2D eigenvalue weighted by atomic mass is 10.7. The number of nitrogens with one attached hydrogen (secondary N) is 1. The SMILES string of the molecule is CN(CC(N)=S)S(=O)(=O)c1cnc[nH]1. The first-order valence-electron chi connectivity index (χ1n) is 3.67. The molecule has 0 bridgehead atoms. The fourth-order valence-corrected chi connectivity index (χ4v) is 2.17. The van der Waals surface area contributed by atoms with Gasteiger partial charge in [0.2, 0.25) is 0 Å². The van der Waals surface area contributed by atoms with Crippen molar-refractivity contribution in [3.63, 3.8) is 0 Å². The maximum absolute atomic E-state index is 11.7. The van der Waals surface area contributed by atoms with Gasteiger partial charge in [-0.15, -0.1) is 0 Å². The number of thiocarbonyl (C=S) groups is 1. The van der Waals surface area contributed by atoms with E-state index in [1.807, 2.05) is 0 Å². The number of nitrogens with two attached hydrogens (primary N) is 1. The van der Waals surface area contributed by atoms with Gasteiger partial charge in [-0.05, 0) is 0 Å². The lowest BCUT2D eigenvalue weighted by Crippen LogP contribution is -2.34. The minimum atomic E-state index is -3.54. The highest BCUT2D eigenvalue weighted by molar-refractivity contribution is 7.89. The van der Waals surface area contributed by atoms with Crippen LogP contribution in [0.5, 0.6) is 0 Å². The monoisotopic (exact) mass is 234 g/mol. The molecule has 0 saturated carbocycles. The Morgan fingerprint density at radius 3 is 2.86 bits per heavy atom. The van der Waals surface area contributed by atoms with Gasteiger partial charge in [-0.2, -0.15) is 4.31 Å². The van der Waals surface area contributed by atoms with Crippen LogP contribution in [-0.4, -0.2) is 41.3 Å². The van der Waals surface area contributed by atoms with Crippen LogP contribution < -0.4 is 5.73 Å². The summed E-state index contributed by atoms with van der Waals surface area (Å²) in [6.07, 6.45) is 2.52. The van der Waals surface area contributed by atoms with Crippen LogP contribution in [0.3, 0.4) is 0 Å². The summed E-state index contributed by atoms with van der Waals surface area (Å²) in [6, 6.07) is 0. The molecule has 1 rings (SSSR count). The first kappa shape index (κ1) is 11.1. The van der Waals surface area contributed by atoms with E-state index in [2.05, 4.69) is 22.2 Å². The number of likely N-dealkylation sites (N-methyl/N-ethyl adjacent to an activating group) is 1. The Kier molecular flexibility index (Phi) is 3.19. The predicted molar refractivity (Wildman–Crippen MR) is 55.2 cm³/mol. The van der Waals surface area contributed by atoms with Gasteiger partial charge in [0, 0.05) is 7.05 Å². The molecule has 0 radical (unpaired) electrons. The van der Waals surface area contributed by atoms with Crippen molar-refractivity contribution in [2.75, 3.05) is 13.6 Å². The summed E-state index contributed by atoms with van der Waals surface area (Å²) < 4.78 is 24.4. The van der Waals surface area contributed by atoms with Gasteiger partial charge in [-0.1, -0.05) is 12.2 Å². The van der Waals surface area contributed by atoms with Gasteiger partial charge >= 0.3 is 0 Å². The average Bonchev–Trinajstić information content (AvgIpc) is 2.54. The number of aromatic nitrogens is 2. The van der Waals surface area contributed by atoms with Crippen molar-refractivity contribution in [1.29, 1.82) is 0 Å². The third-order valence-electron chi connectivity index (χ3n) is 1.54. The zero-order valence-electron chi connectivity index (χ0n) is 7.47. The molecular formula is C6H10N4O2S2. The number of H-pyrrole nitrogens is 1. The molecule has 0 fully saturated rings. The highest BCUT2D eigenvalue weighted by Gasteiger charge is 2.22. The predicted octanol–water partition coefficient (Wildman–Crippen LogP) is -0.684. The number of hydrogen-bond donors (Lipinski definition) is 2. The third kappa shape index (κ3) is 2.28. The summed E-state index contributed by atoms with van der Waals surface area (Å²) in [5, 5.41) is 0.0243. The molecule has 1 aromatic heterocycles. The van der Waals surface area contributed by atoms with Gasteiger partial charge in [0.05, 0.1) is 24.1 Å². The van der Waals surface area contributed by atoms with Gasteiger partial charge in [0.25, 0.3) is 10.0 Å². The number of sulfonamides is 1. The van der Waals surface area contributed by atoms with Gasteiger partial charge in [-0.25, -0.2) is 13.4 Å². The highest BCUT2D eigenvalue weighted by atomic mass is 32.2. The molecule has 0 aliphatic rings. The molecule has 0 amide bonds. The molecule has 0 aliphatic carbocycles. The van der Waals surface area contributed by atoms with Crippen molar-refractivity contribution in [2.45, 2.75) is 5.03 Å². The number of rotatable bonds is 4. The van der Waals surface area contributed by atoms with E-state index in [4.69, 9.17) is 5.73 Å². The molecule has 14 heavy (non-hydrogen) atoms. The summed E-state index contributed by atoms with van der Waals surface area (Å²) in [5.74, 6) is 0. The van der Waals surface area contributed by atoms with Crippen LogP contribution in [0, 0.1) is 0 Å². The summed E-state index contributed by atoms with van der Waals surface area (Å²) in [6.45, 7) is 0.0106. The van der Waals surface area contributed by atoms with Gasteiger partial charge in [0.15, 0.2) is 5.03 Å². The molecule has 0 saturated heterocycles. The van der Waals surface area contributed by atoms with Gasteiger partial charge < -0.3 is 10.7 Å². The number of imidazole rings is 1. The molecule has 0 atom stereocenters. The summed E-state index contributed by atoms with van der Waals surface area (Å²) >= 11 is 4.62. The molecule has 6 nitrogen and oxygen atoms in total. The fraction of sp³-hybridized carbons (Fsp3) is 0.333. The Balaban J connectivity index is 2.92. The van der Waals surface area contributed by atoms with Gasteiger partial charge in [0.1, 0.15) is 0 Å². The molecule has 3 N–H and O–H groups in total. The Morgan fingerprint density at radius 1 is 1.79 bits per heavy atom. The van der Waals surface area contributed by atoms with E-state index in [0.29, 0.717) is 0 Å². The standard InChI is InChI=1S/C6H10N4O2S2/c1-10(3-5(7)13)14(11,12)6-2-8-4-9-6/h2,4H,3H2,1H3,(H2,7,13)(H,8,9). The number of hydrogen-bond acceptors (Lipinski definition) is 4. The maximum Gasteiger partial charge on any atom is 0.260 e. The Morgan fingerprint density at radius 2 is 2.43 bits per heavy atom. The van der Waals surface area contributed by atoms with E-state index < -0.39 is 10.0 Å². The molecule has 78 valence electrons. The van der Waals surface area contributed by atoms with Crippen LogP contribution in [0.25, 0.3) is 0 Å².